The first kappa shape index (κ1) is 21.4. The van der Waals surface area contributed by atoms with Gasteiger partial charge in [-0.2, -0.15) is 0 Å². The summed E-state index contributed by atoms with van der Waals surface area (Å²) in [4.78, 5) is 24.7. The van der Waals surface area contributed by atoms with Crippen LogP contribution >= 0.6 is 0 Å². The van der Waals surface area contributed by atoms with Crippen LogP contribution in [0.25, 0.3) is 0 Å². The van der Waals surface area contributed by atoms with Gasteiger partial charge in [0.1, 0.15) is 12.6 Å². The summed E-state index contributed by atoms with van der Waals surface area (Å²) in [5.74, 6) is -0.325. The van der Waals surface area contributed by atoms with Crippen LogP contribution in [0.3, 0.4) is 0 Å². The fourth-order valence-electron chi connectivity index (χ4n) is 2.83. The topological polar surface area (TPSA) is 87.7 Å². The number of hydrogen-bond acceptors (Lipinski definition) is 4. The first-order valence-electron chi connectivity index (χ1n) is 9.54. The first-order valence-corrected chi connectivity index (χ1v) is 9.54. The van der Waals surface area contributed by atoms with Crippen LogP contribution in [-0.2, 0) is 22.6 Å². The van der Waals surface area contributed by atoms with E-state index in [-0.39, 0.29) is 19.1 Å². The summed E-state index contributed by atoms with van der Waals surface area (Å²) in [5, 5.41) is 15.1. The van der Waals surface area contributed by atoms with Gasteiger partial charge in [-0.15, -0.1) is 0 Å². The van der Waals surface area contributed by atoms with Gasteiger partial charge < -0.3 is 20.5 Å². The SMILES string of the molecule is CCCC(NC(=O)OCc1ccccc1)C(=O)NC(CO)Cc1ccccc1. The molecule has 0 saturated heterocycles. The Morgan fingerprint density at radius 1 is 0.964 bits per heavy atom. The molecule has 0 aliphatic heterocycles. The highest BCUT2D eigenvalue weighted by Crippen LogP contribution is 2.06. The zero-order chi connectivity index (χ0) is 20.2. The third kappa shape index (κ3) is 7.40. The lowest BCUT2D eigenvalue weighted by Crippen LogP contribution is -2.51. The number of alkyl carbamates (subject to hydrolysis) is 1. The summed E-state index contributed by atoms with van der Waals surface area (Å²) < 4.78 is 5.20. The number of carbonyl (C=O) groups excluding carboxylic acids is 2. The lowest BCUT2D eigenvalue weighted by molar-refractivity contribution is -0.124. The summed E-state index contributed by atoms with van der Waals surface area (Å²) in [5.41, 5.74) is 1.89. The fourth-order valence-corrected chi connectivity index (χ4v) is 2.83. The van der Waals surface area contributed by atoms with Gasteiger partial charge >= 0.3 is 6.09 Å². The van der Waals surface area contributed by atoms with E-state index in [1.165, 1.54) is 0 Å². The number of aliphatic hydroxyl groups excluding tert-OH is 1. The second kappa shape index (κ2) is 11.8. The van der Waals surface area contributed by atoms with E-state index in [9.17, 15) is 14.7 Å². The number of nitrogens with one attached hydrogen (secondary N) is 2. The Balaban J connectivity index is 1.87. The molecule has 0 aliphatic rings. The average molecular weight is 384 g/mol. The minimum absolute atomic E-state index is 0.139. The Hall–Kier alpha value is -2.86. The molecule has 0 radical (unpaired) electrons. The lowest BCUT2D eigenvalue weighted by atomic mass is 10.1. The zero-order valence-electron chi connectivity index (χ0n) is 16.1. The first-order chi connectivity index (χ1) is 13.6. The predicted octanol–water partition coefficient (Wildman–Crippen LogP) is 2.80. The van der Waals surface area contributed by atoms with Crippen molar-refractivity contribution in [2.24, 2.45) is 0 Å². The van der Waals surface area contributed by atoms with Gasteiger partial charge in [0.15, 0.2) is 0 Å². The number of ether oxygens (including phenoxy) is 1. The summed E-state index contributed by atoms with van der Waals surface area (Å²) >= 11 is 0. The van der Waals surface area contributed by atoms with Crippen LogP contribution in [0, 0.1) is 0 Å². The molecule has 0 aromatic heterocycles. The molecule has 6 nitrogen and oxygen atoms in total. The highest BCUT2D eigenvalue weighted by Gasteiger charge is 2.23. The Morgan fingerprint density at radius 2 is 1.57 bits per heavy atom. The van der Waals surface area contributed by atoms with Gasteiger partial charge in [-0.3, -0.25) is 4.79 Å². The molecule has 2 amide bonds. The average Bonchev–Trinajstić information content (AvgIpc) is 2.73. The van der Waals surface area contributed by atoms with Crippen molar-refractivity contribution >= 4 is 12.0 Å². The van der Waals surface area contributed by atoms with Gasteiger partial charge in [-0.1, -0.05) is 74.0 Å². The second-order valence-electron chi connectivity index (χ2n) is 6.63. The van der Waals surface area contributed by atoms with Crippen LogP contribution in [0.15, 0.2) is 60.7 Å². The number of carbonyl (C=O) groups is 2. The van der Waals surface area contributed by atoms with Crippen LogP contribution < -0.4 is 10.6 Å². The van der Waals surface area contributed by atoms with Crippen LogP contribution in [0.5, 0.6) is 0 Å². The van der Waals surface area contributed by atoms with E-state index in [0.717, 1.165) is 17.5 Å². The summed E-state index contributed by atoms with van der Waals surface area (Å²) in [6.45, 7) is 1.89. The molecular weight excluding hydrogens is 356 g/mol. The summed E-state index contributed by atoms with van der Waals surface area (Å²) in [7, 11) is 0. The van der Waals surface area contributed by atoms with Gasteiger partial charge in [-0.25, -0.2) is 4.79 Å². The molecule has 0 saturated carbocycles. The highest BCUT2D eigenvalue weighted by atomic mass is 16.5. The quantitative estimate of drug-likeness (QED) is 0.588. The van der Waals surface area contributed by atoms with Gasteiger partial charge in [0.25, 0.3) is 0 Å². The van der Waals surface area contributed by atoms with Gasteiger partial charge in [0.2, 0.25) is 5.91 Å². The van der Waals surface area contributed by atoms with E-state index in [1.807, 2.05) is 67.6 Å². The van der Waals surface area contributed by atoms with E-state index < -0.39 is 18.2 Å². The molecule has 2 rings (SSSR count). The lowest BCUT2D eigenvalue weighted by Gasteiger charge is -2.22. The van der Waals surface area contributed by atoms with Crippen LogP contribution in [-0.4, -0.2) is 35.8 Å². The molecule has 2 unspecified atom stereocenters. The van der Waals surface area contributed by atoms with E-state index in [1.54, 1.807) is 0 Å². The minimum atomic E-state index is -0.710. The Labute approximate surface area is 165 Å². The molecule has 2 atom stereocenters. The van der Waals surface area contributed by atoms with Crippen molar-refractivity contribution in [3.63, 3.8) is 0 Å². The number of benzene rings is 2. The van der Waals surface area contributed by atoms with Crippen molar-refractivity contribution in [2.45, 2.75) is 44.9 Å². The van der Waals surface area contributed by atoms with E-state index in [0.29, 0.717) is 12.8 Å². The highest BCUT2D eigenvalue weighted by molar-refractivity contribution is 5.85. The second-order valence-corrected chi connectivity index (χ2v) is 6.63. The van der Waals surface area contributed by atoms with Crippen molar-refractivity contribution in [3.05, 3.63) is 71.8 Å². The normalized spacial score (nSPS) is 12.6. The van der Waals surface area contributed by atoms with Crippen LogP contribution in [0.4, 0.5) is 4.79 Å². The van der Waals surface area contributed by atoms with Crippen LogP contribution in [0.1, 0.15) is 30.9 Å². The Morgan fingerprint density at radius 3 is 2.14 bits per heavy atom. The summed E-state index contributed by atoms with van der Waals surface area (Å²) in [6, 6.07) is 17.8. The molecule has 28 heavy (non-hydrogen) atoms. The van der Waals surface area contributed by atoms with Crippen molar-refractivity contribution in [3.8, 4) is 0 Å². The molecule has 150 valence electrons. The molecule has 3 N–H and O–H groups in total. The van der Waals surface area contributed by atoms with E-state index >= 15 is 0 Å². The predicted molar refractivity (Wildman–Crippen MR) is 108 cm³/mol. The van der Waals surface area contributed by atoms with E-state index in [2.05, 4.69) is 10.6 Å². The standard InChI is InChI=1S/C22H28N2O4/c1-2-9-20(24-22(27)28-16-18-12-7-4-8-13-18)21(26)23-19(15-25)14-17-10-5-3-6-11-17/h3-8,10-13,19-20,25H,2,9,14-16H2,1H3,(H,23,26)(H,24,27). The van der Waals surface area contributed by atoms with Gasteiger partial charge in [0.05, 0.1) is 12.6 Å². The van der Waals surface area contributed by atoms with Crippen molar-refractivity contribution in [2.75, 3.05) is 6.61 Å². The fraction of sp³-hybridized carbons (Fsp3) is 0.364. The molecule has 2 aromatic rings. The van der Waals surface area contributed by atoms with Crippen molar-refractivity contribution in [1.82, 2.24) is 10.6 Å². The molecule has 6 heteroatoms. The zero-order valence-corrected chi connectivity index (χ0v) is 16.1. The number of aliphatic hydroxyl groups is 1. The molecule has 0 spiro atoms. The Kier molecular flexibility index (Phi) is 9.01. The third-order valence-corrected chi connectivity index (χ3v) is 4.29. The third-order valence-electron chi connectivity index (χ3n) is 4.29. The molecule has 0 aliphatic carbocycles. The number of rotatable bonds is 10. The summed E-state index contributed by atoms with van der Waals surface area (Å²) in [6.07, 6.45) is 1.08. The minimum Gasteiger partial charge on any atom is -0.445 e. The molecule has 0 bridgehead atoms. The van der Waals surface area contributed by atoms with Gasteiger partial charge in [-0.05, 0) is 24.0 Å². The van der Waals surface area contributed by atoms with Crippen LogP contribution in [0.2, 0.25) is 0 Å². The molecule has 0 fully saturated rings. The number of hydrogen-bond donors (Lipinski definition) is 3. The maximum Gasteiger partial charge on any atom is 0.408 e. The number of amides is 2. The molecule has 0 heterocycles. The monoisotopic (exact) mass is 384 g/mol. The maximum atomic E-state index is 12.6. The maximum absolute atomic E-state index is 12.6. The van der Waals surface area contributed by atoms with Gasteiger partial charge in [0, 0.05) is 0 Å². The smallest absolute Gasteiger partial charge is 0.408 e. The van der Waals surface area contributed by atoms with Crippen molar-refractivity contribution < 1.29 is 19.4 Å². The van der Waals surface area contributed by atoms with E-state index in [4.69, 9.17) is 4.74 Å². The molecule has 2 aromatic carbocycles. The van der Waals surface area contributed by atoms with Crippen molar-refractivity contribution in [1.29, 1.82) is 0 Å². The Bertz CT molecular complexity index is 722. The largest absolute Gasteiger partial charge is 0.445 e. The molecular formula is C22H28N2O4.